The van der Waals surface area contributed by atoms with Crippen molar-refractivity contribution >= 4 is 40.5 Å². The lowest BCUT2D eigenvalue weighted by Gasteiger charge is -2.35. The van der Waals surface area contributed by atoms with E-state index in [1.807, 2.05) is 43.3 Å². The molecule has 0 aliphatic carbocycles. The van der Waals surface area contributed by atoms with E-state index in [-0.39, 0.29) is 11.0 Å². The van der Waals surface area contributed by atoms with Gasteiger partial charge < -0.3 is 26.6 Å². The van der Waals surface area contributed by atoms with Gasteiger partial charge in [0.2, 0.25) is 0 Å². The molecule has 31 heavy (non-hydrogen) atoms. The van der Waals surface area contributed by atoms with Crippen molar-refractivity contribution in [3.8, 4) is 0 Å². The highest BCUT2D eigenvalue weighted by atomic mass is 32.1. The maximum Gasteiger partial charge on any atom is 0.322 e. The molecule has 1 aliphatic rings. The summed E-state index contributed by atoms with van der Waals surface area (Å²) in [5.74, 6) is 0.210. The van der Waals surface area contributed by atoms with E-state index in [0.717, 1.165) is 22.0 Å². The number of hydrogen-bond donors (Lipinski definition) is 3. The van der Waals surface area contributed by atoms with Crippen LogP contribution in [0.4, 0.5) is 22.0 Å². The maximum atomic E-state index is 13.3. The van der Waals surface area contributed by atoms with Crippen molar-refractivity contribution < 1.29 is 9.59 Å². The van der Waals surface area contributed by atoms with Gasteiger partial charge in [-0.05, 0) is 18.2 Å². The number of benzene rings is 1. The van der Waals surface area contributed by atoms with Crippen LogP contribution in [0, 0.1) is 0 Å². The number of amides is 3. The summed E-state index contributed by atoms with van der Waals surface area (Å²) in [4.78, 5) is 38.1. The van der Waals surface area contributed by atoms with Crippen LogP contribution in [0.2, 0.25) is 0 Å². The first-order chi connectivity index (χ1) is 14.8. The number of hydrogen-bond acceptors (Lipinski definition) is 7. The normalized spacial score (nSPS) is 15.3. The number of anilines is 3. The summed E-state index contributed by atoms with van der Waals surface area (Å²) in [6, 6.07) is 10.3. The molecule has 1 unspecified atom stereocenters. The van der Waals surface area contributed by atoms with Crippen molar-refractivity contribution in [3.05, 3.63) is 63.7 Å². The Hall–Kier alpha value is -3.66. The zero-order chi connectivity index (χ0) is 22.1. The standard InChI is InChI=1S/C21H23N7O2S/c1-27(2)16-8-7-12(11-24-16)25-21(30)28-10-9-15-18(31-20(26-15)19(23)29)17(28)13-5-3-4-6-14(13)22/h3-8,11,17H,9-10,22H2,1-2H3,(H2,23,29)(H,25,30). The van der Waals surface area contributed by atoms with Gasteiger partial charge in [0.25, 0.3) is 5.91 Å². The van der Waals surface area contributed by atoms with Crippen molar-refractivity contribution in [3.63, 3.8) is 0 Å². The second kappa shape index (κ2) is 8.23. The number of pyridine rings is 1. The Morgan fingerprint density at radius 2 is 2.00 bits per heavy atom. The molecule has 160 valence electrons. The number of urea groups is 1. The Kier molecular flexibility index (Phi) is 5.47. The van der Waals surface area contributed by atoms with Crippen LogP contribution in [-0.2, 0) is 6.42 Å². The Morgan fingerprint density at radius 1 is 1.23 bits per heavy atom. The highest BCUT2D eigenvalue weighted by Crippen LogP contribution is 2.40. The minimum Gasteiger partial charge on any atom is -0.398 e. The van der Waals surface area contributed by atoms with Crippen molar-refractivity contribution in [2.75, 3.05) is 36.6 Å². The number of nitrogens with one attached hydrogen (secondary N) is 1. The minimum atomic E-state index is -0.581. The number of carbonyl (C=O) groups excluding carboxylic acids is 2. The number of rotatable bonds is 4. The lowest BCUT2D eigenvalue weighted by atomic mass is 9.96. The van der Waals surface area contributed by atoms with Crippen LogP contribution >= 0.6 is 11.3 Å². The van der Waals surface area contributed by atoms with Crippen LogP contribution in [0.5, 0.6) is 0 Å². The van der Waals surface area contributed by atoms with Gasteiger partial charge >= 0.3 is 6.03 Å². The van der Waals surface area contributed by atoms with Crippen LogP contribution in [0.1, 0.15) is 32.0 Å². The van der Waals surface area contributed by atoms with Crippen LogP contribution < -0.4 is 21.7 Å². The first-order valence-corrected chi connectivity index (χ1v) is 10.5. The minimum absolute atomic E-state index is 0.232. The van der Waals surface area contributed by atoms with Gasteiger partial charge in [-0.1, -0.05) is 18.2 Å². The molecule has 0 saturated heterocycles. The lowest BCUT2D eigenvalue weighted by Crippen LogP contribution is -2.42. The molecule has 3 aromatic rings. The predicted molar refractivity (Wildman–Crippen MR) is 121 cm³/mol. The van der Waals surface area contributed by atoms with E-state index in [0.29, 0.717) is 24.3 Å². The third-order valence-electron chi connectivity index (χ3n) is 5.10. The first-order valence-electron chi connectivity index (χ1n) is 9.70. The molecule has 0 fully saturated rings. The quantitative estimate of drug-likeness (QED) is 0.538. The highest BCUT2D eigenvalue weighted by molar-refractivity contribution is 7.13. The number of carbonyl (C=O) groups is 2. The molecule has 2 aromatic heterocycles. The SMILES string of the molecule is CN(C)c1ccc(NC(=O)N2CCc3nc(C(N)=O)sc3C2c2ccccc2N)cn1. The van der Waals surface area contributed by atoms with Crippen LogP contribution in [0.3, 0.4) is 0 Å². The van der Waals surface area contributed by atoms with Gasteiger partial charge in [-0.15, -0.1) is 11.3 Å². The Bertz CT molecular complexity index is 1130. The number of primary amides is 1. The third-order valence-corrected chi connectivity index (χ3v) is 6.26. The molecule has 1 aromatic carbocycles. The molecule has 10 heteroatoms. The van der Waals surface area contributed by atoms with Gasteiger partial charge in [-0.3, -0.25) is 4.79 Å². The molecule has 4 rings (SSSR count). The Labute approximate surface area is 183 Å². The van der Waals surface area contributed by atoms with Crippen LogP contribution in [-0.4, -0.2) is 47.4 Å². The molecule has 3 amide bonds. The van der Waals surface area contributed by atoms with E-state index in [9.17, 15) is 9.59 Å². The number of fused-ring (bicyclic) bond motifs is 1. The Morgan fingerprint density at radius 3 is 2.65 bits per heavy atom. The van der Waals surface area contributed by atoms with Crippen molar-refractivity contribution in [2.24, 2.45) is 5.73 Å². The van der Waals surface area contributed by atoms with Gasteiger partial charge in [0.1, 0.15) is 5.82 Å². The zero-order valence-electron chi connectivity index (χ0n) is 17.2. The number of nitrogens with two attached hydrogens (primary N) is 2. The summed E-state index contributed by atoms with van der Waals surface area (Å²) < 4.78 is 0. The summed E-state index contributed by atoms with van der Waals surface area (Å²) >= 11 is 1.21. The van der Waals surface area contributed by atoms with Gasteiger partial charge in [-0.2, -0.15) is 0 Å². The van der Waals surface area contributed by atoms with E-state index in [1.54, 1.807) is 23.2 Å². The Balaban J connectivity index is 1.69. The molecule has 1 atom stereocenters. The average molecular weight is 438 g/mol. The summed E-state index contributed by atoms with van der Waals surface area (Å²) in [6.07, 6.45) is 2.14. The molecular weight excluding hydrogens is 414 g/mol. The number of thiazole rings is 1. The van der Waals surface area contributed by atoms with Gasteiger partial charge in [-0.25, -0.2) is 14.8 Å². The van der Waals surface area contributed by atoms with Crippen LogP contribution in [0.25, 0.3) is 0 Å². The average Bonchev–Trinajstić information content (AvgIpc) is 3.19. The summed E-state index contributed by atoms with van der Waals surface area (Å²) in [7, 11) is 3.80. The van der Waals surface area contributed by atoms with E-state index in [4.69, 9.17) is 11.5 Å². The van der Waals surface area contributed by atoms with E-state index < -0.39 is 11.9 Å². The number of nitrogen functional groups attached to an aromatic ring is 1. The fourth-order valence-electron chi connectivity index (χ4n) is 3.57. The lowest BCUT2D eigenvalue weighted by molar-refractivity contribution is 0.0999. The van der Waals surface area contributed by atoms with E-state index in [1.165, 1.54) is 11.3 Å². The molecule has 0 radical (unpaired) electrons. The van der Waals surface area contributed by atoms with Gasteiger partial charge in [0.15, 0.2) is 5.01 Å². The fourth-order valence-corrected chi connectivity index (χ4v) is 4.66. The molecule has 9 nitrogen and oxygen atoms in total. The zero-order valence-corrected chi connectivity index (χ0v) is 18.0. The summed E-state index contributed by atoms with van der Waals surface area (Å²) in [6.45, 7) is 0.420. The molecule has 5 N–H and O–H groups in total. The molecule has 0 bridgehead atoms. The predicted octanol–water partition coefficient (Wildman–Crippen LogP) is 2.46. The van der Waals surface area contributed by atoms with Crippen molar-refractivity contribution in [2.45, 2.75) is 12.5 Å². The molecule has 0 spiro atoms. The van der Waals surface area contributed by atoms with Crippen LogP contribution in [0.15, 0.2) is 42.6 Å². The summed E-state index contributed by atoms with van der Waals surface area (Å²) in [5, 5.41) is 3.15. The van der Waals surface area contributed by atoms with E-state index in [2.05, 4.69) is 15.3 Å². The fraction of sp³-hybridized carbons (Fsp3) is 0.238. The number of para-hydroxylation sites is 1. The number of aromatic nitrogens is 2. The molecule has 0 saturated carbocycles. The van der Waals surface area contributed by atoms with E-state index >= 15 is 0 Å². The molecule has 3 heterocycles. The second-order valence-corrected chi connectivity index (χ2v) is 8.43. The summed E-state index contributed by atoms with van der Waals surface area (Å²) in [5.41, 5.74) is 14.4. The third kappa shape index (κ3) is 4.02. The second-order valence-electron chi connectivity index (χ2n) is 7.40. The van der Waals surface area contributed by atoms with Crippen molar-refractivity contribution in [1.29, 1.82) is 0 Å². The van der Waals surface area contributed by atoms with Gasteiger partial charge in [0.05, 0.1) is 28.5 Å². The monoisotopic (exact) mass is 437 g/mol. The largest absolute Gasteiger partial charge is 0.398 e. The molecule has 1 aliphatic heterocycles. The maximum absolute atomic E-state index is 13.3. The number of nitrogens with zero attached hydrogens (tertiary/aromatic N) is 4. The first kappa shape index (κ1) is 20.6. The molecular formula is C21H23N7O2S. The van der Waals surface area contributed by atoms with Crippen molar-refractivity contribution in [1.82, 2.24) is 14.9 Å². The smallest absolute Gasteiger partial charge is 0.322 e. The highest BCUT2D eigenvalue weighted by Gasteiger charge is 2.36. The topological polar surface area (TPSA) is 130 Å². The van der Waals surface area contributed by atoms with Gasteiger partial charge in [0, 0.05) is 38.3 Å².